The van der Waals surface area contributed by atoms with E-state index in [4.69, 9.17) is 11.6 Å². The van der Waals surface area contributed by atoms with Crippen molar-refractivity contribution in [2.24, 2.45) is 0 Å². The van der Waals surface area contributed by atoms with Crippen LogP contribution >= 0.6 is 11.6 Å². The van der Waals surface area contributed by atoms with E-state index in [1.165, 1.54) is 0 Å². The van der Waals surface area contributed by atoms with Crippen LogP contribution in [0, 0.1) is 0 Å². The van der Waals surface area contributed by atoms with E-state index in [1.807, 2.05) is 0 Å². The van der Waals surface area contributed by atoms with Gasteiger partial charge in [0, 0.05) is 13.0 Å². The summed E-state index contributed by atoms with van der Waals surface area (Å²) >= 11 is 5.94. The highest BCUT2D eigenvalue weighted by atomic mass is 35.5. The van der Waals surface area contributed by atoms with Crippen LogP contribution in [0.4, 0.5) is 13.2 Å². The molecule has 0 bridgehead atoms. The lowest BCUT2D eigenvalue weighted by atomic mass is 10.0. The predicted octanol–water partition coefficient (Wildman–Crippen LogP) is 3.19. The molecule has 1 saturated carbocycles. The zero-order valence-electron chi connectivity index (χ0n) is 11.3. The highest BCUT2D eigenvalue weighted by Gasteiger charge is 2.27. The van der Waals surface area contributed by atoms with Crippen molar-refractivity contribution in [3.8, 4) is 0 Å². The molecular weight excluding hydrogens is 309 g/mol. The Morgan fingerprint density at radius 2 is 1.86 bits per heavy atom. The van der Waals surface area contributed by atoms with Crippen LogP contribution in [-0.4, -0.2) is 15.7 Å². The van der Waals surface area contributed by atoms with Gasteiger partial charge in [-0.05, 0) is 25.2 Å². The van der Waals surface area contributed by atoms with Gasteiger partial charge in [0.15, 0.2) is 0 Å². The minimum absolute atomic E-state index is 0.0176. The summed E-state index contributed by atoms with van der Waals surface area (Å²) in [6.07, 6.45) is -2.05. The number of hydrogen-bond donors (Lipinski definition) is 1. The lowest BCUT2D eigenvalue weighted by Gasteiger charge is -2.13. The maximum atomic E-state index is 12.3. The van der Waals surface area contributed by atoms with Crippen LogP contribution in [0.3, 0.4) is 0 Å². The van der Waals surface area contributed by atoms with E-state index in [-0.39, 0.29) is 24.0 Å². The first kappa shape index (κ1) is 16.1. The number of H-pyrrole nitrogens is 1. The molecule has 1 fully saturated rings. The van der Waals surface area contributed by atoms with E-state index in [1.54, 1.807) is 0 Å². The number of halogens is 4. The summed E-state index contributed by atoms with van der Waals surface area (Å²) in [6, 6.07) is 0. The largest absolute Gasteiger partial charge is 0.389 e. The van der Waals surface area contributed by atoms with Crippen molar-refractivity contribution in [1.82, 2.24) is 9.55 Å². The van der Waals surface area contributed by atoms with E-state index in [9.17, 15) is 22.8 Å². The van der Waals surface area contributed by atoms with Gasteiger partial charge in [-0.3, -0.25) is 14.3 Å². The second-order valence-electron chi connectivity index (χ2n) is 5.31. The van der Waals surface area contributed by atoms with Gasteiger partial charge >= 0.3 is 11.9 Å². The Balaban J connectivity index is 2.27. The minimum atomic E-state index is -4.29. The van der Waals surface area contributed by atoms with Gasteiger partial charge < -0.3 is 0 Å². The van der Waals surface area contributed by atoms with Crippen LogP contribution in [-0.2, 0) is 6.54 Å². The molecule has 0 aliphatic heterocycles. The molecule has 0 saturated heterocycles. The van der Waals surface area contributed by atoms with E-state index < -0.39 is 23.8 Å². The molecule has 2 rings (SSSR count). The van der Waals surface area contributed by atoms with Crippen LogP contribution < -0.4 is 11.2 Å². The third-order valence-corrected chi connectivity index (χ3v) is 4.08. The SMILES string of the molecule is O=c1[nH]c(Cl)c(C2CCCC2)c(=O)n1CCCC(F)(F)F. The fourth-order valence-corrected chi connectivity index (χ4v) is 3.09. The van der Waals surface area contributed by atoms with Gasteiger partial charge in [-0.1, -0.05) is 24.4 Å². The molecule has 1 aromatic rings. The summed E-state index contributed by atoms with van der Waals surface area (Å²) < 4.78 is 37.3. The summed E-state index contributed by atoms with van der Waals surface area (Å²) in [5.74, 6) is -0.0179. The molecule has 0 atom stereocenters. The average molecular weight is 325 g/mol. The molecule has 0 unspecified atom stereocenters. The molecule has 118 valence electrons. The van der Waals surface area contributed by atoms with Gasteiger partial charge in [0.25, 0.3) is 5.56 Å². The normalized spacial score (nSPS) is 16.6. The summed E-state index contributed by atoms with van der Waals surface area (Å²) in [6.45, 7) is -0.259. The molecule has 0 aromatic carbocycles. The average Bonchev–Trinajstić information content (AvgIpc) is 2.85. The first-order valence-electron chi connectivity index (χ1n) is 6.89. The number of alkyl halides is 3. The van der Waals surface area contributed by atoms with Gasteiger partial charge in [-0.15, -0.1) is 0 Å². The lowest BCUT2D eigenvalue weighted by Crippen LogP contribution is -2.38. The standard InChI is InChI=1S/C13H16ClF3N2O2/c14-10-9(8-4-1-2-5-8)11(20)19(12(21)18-10)7-3-6-13(15,16)17/h8H,1-7H2,(H,18,21). The fraction of sp³-hybridized carbons (Fsp3) is 0.692. The van der Waals surface area contributed by atoms with E-state index in [2.05, 4.69) is 4.98 Å². The Kier molecular flexibility index (Phi) is 4.81. The second-order valence-corrected chi connectivity index (χ2v) is 5.69. The molecular formula is C13H16ClF3N2O2. The van der Waals surface area contributed by atoms with Crippen molar-refractivity contribution in [1.29, 1.82) is 0 Å². The van der Waals surface area contributed by atoms with E-state index in [0.717, 1.165) is 30.3 Å². The first-order chi connectivity index (χ1) is 9.79. The molecule has 0 amide bonds. The smallest absolute Gasteiger partial charge is 0.297 e. The number of nitrogens with one attached hydrogen (secondary N) is 1. The van der Waals surface area contributed by atoms with Gasteiger partial charge in [-0.25, -0.2) is 4.79 Å². The van der Waals surface area contributed by atoms with Gasteiger partial charge in [0.2, 0.25) is 0 Å². The Morgan fingerprint density at radius 3 is 2.43 bits per heavy atom. The topological polar surface area (TPSA) is 54.9 Å². The van der Waals surface area contributed by atoms with Crippen molar-refractivity contribution in [2.75, 3.05) is 0 Å². The Hall–Kier alpha value is -1.24. The molecule has 1 N–H and O–H groups in total. The van der Waals surface area contributed by atoms with Crippen LogP contribution in [0.5, 0.6) is 0 Å². The van der Waals surface area contributed by atoms with Crippen LogP contribution in [0.2, 0.25) is 5.15 Å². The van der Waals surface area contributed by atoms with Crippen molar-refractivity contribution >= 4 is 11.6 Å². The maximum absolute atomic E-state index is 12.3. The summed E-state index contributed by atoms with van der Waals surface area (Å²) in [5, 5.41) is 0.0176. The van der Waals surface area contributed by atoms with Gasteiger partial charge in [-0.2, -0.15) is 13.2 Å². The van der Waals surface area contributed by atoms with E-state index >= 15 is 0 Å². The third-order valence-electron chi connectivity index (χ3n) is 3.78. The van der Waals surface area contributed by atoms with E-state index in [0.29, 0.717) is 5.56 Å². The Morgan fingerprint density at radius 1 is 1.24 bits per heavy atom. The Labute approximate surface area is 123 Å². The summed E-state index contributed by atoms with van der Waals surface area (Å²) in [4.78, 5) is 26.4. The molecule has 0 radical (unpaired) electrons. The number of hydrogen-bond acceptors (Lipinski definition) is 2. The molecule has 1 heterocycles. The predicted molar refractivity (Wildman–Crippen MR) is 72.8 cm³/mol. The molecule has 8 heteroatoms. The number of nitrogens with zero attached hydrogens (tertiary/aromatic N) is 1. The third kappa shape index (κ3) is 3.90. The monoisotopic (exact) mass is 324 g/mol. The number of aromatic amines is 1. The molecule has 1 aliphatic rings. The molecule has 21 heavy (non-hydrogen) atoms. The minimum Gasteiger partial charge on any atom is -0.297 e. The quantitative estimate of drug-likeness (QED) is 0.865. The van der Waals surface area contributed by atoms with Crippen LogP contribution in [0.1, 0.15) is 50.0 Å². The highest BCUT2D eigenvalue weighted by molar-refractivity contribution is 6.30. The lowest BCUT2D eigenvalue weighted by molar-refractivity contribution is -0.135. The van der Waals surface area contributed by atoms with Crippen molar-refractivity contribution in [3.05, 3.63) is 31.6 Å². The molecule has 1 aromatic heterocycles. The Bertz CT molecular complexity index is 615. The fourth-order valence-electron chi connectivity index (χ4n) is 2.77. The summed E-state index contributed by atoms with van der Waals surface area (Å²) in [5.41, 5.74) is -0.979. The molecule has 4 nitrogen and oxygen atoms in total. The van der Waals surface area contributed by atoms with Crippen molar-refractivity contribution < 1.29 is 13.2 Å². The van der Waals surface area contributed by atoms with Crippen molar-refractivity contribution in [2.45, 2.75) is 57.2 Å². The van der Waals surface area contributed by atoms with Gasteiger partial charge in [0.1, 0.15) is 5.15 Å². The molecule has 1 aliphatic carbocycles. The highest BCUT2D eigenvalue weighted by Crippen LogP contribution is 2.34. The number of rotatable bonds is 4. The van der Waals surface area contributed by atoms with Crippen LogP contribution in [0.15, 0.2) is 9.59 Å². The summed E-state index contributed by atoms with van der Waals surface area (Å²) in [7, 11) is 0. The van der Waals surface area contributed by atoms with Crippen LogP contribution in [0.25, 0.3) is 0 Å². The first-order valence-corrected chi connectivity index (χ1v) is 7.26. The zero-order chi connectivity index (χ0) is 15.6. The second kappa shape index (κ2) is 6.25. The van der Waals surface area contributed by atoms with Crippen molar-refractivity contribution in [3.63, 3.8) is 0 Å². The van der Waals surface area contributed by atoms with Gasteiger partial charge in [0.05, 0.1) is 5.56 Å². The zero-order valence-corrected chi connectivity index (χ0v) is 12.1. The maximum Gasteiger partial charge on any atom is 0.389 e. The molecule has 0 spiro atoms. The number of aromatic nitrogens is 2.